The van der Waals surface area contributed by atoms with Gasteiger partial charge in [0.05, 0.1) is 0 Å². The molecule has 1 aliphatic heterocycles. The first-order chi connectivity index (χ1) is 8.74. The zero-order valence-corrected chi connectivity index (χ0v) is 11.8. The summed E-state index contributed by atoms with van der Waals surface area (Å²) in [5, 5.41) is 3.92. The highest BCUT2D eigenvalue weighted by Gasteiger charge is 2.38. The minimum absolute atomic E-state index is 0.414. The van der Waals surface area contributed by atoms with Crippen LogP contribution < -0.4 is 5.32 Å². The van der Waals surface area contributed by atoms with Gasteiger partial charge in [-0.15, -0.1) is 0 Å². The molecular weight excluding hydrogens is 218 g/mol. The third-order valence-electron chi connectivity index (χ3n) is 4.98. The Labute approximate surface area is 111 Å². The number of hydrogen-bond acceptors (Lipinski definition) is 1. The molecule has 0 aromatic heterocycles. The molecule has 18 heavy (non-hydrogen) atoms. The van der Waals surface area contributed by atoms with Crippen LogP contribution in [0, 0.1) is 0 Å². The van der Waals surface area contributed by atoms with Crippen molar-refractivity contribution in [1.82, 2.24) is 0 Å². The summed E-state index contributed by atoms with van der Waals surface area (Å²) in [5.74, 6) is 0.718. The second kappa shape index (κ2) is 4.60. The third-order valence-corrected chi connectivity index (χ3v) is 4.98. The Kier molecular flexibility index (Phi) is 3.09. The molecule has 2 aliphatic rings. The molecule has 3 rings (SSSR count). The summed E-state index contributed by atoms with van der Waals surface area (Å²) >= 11 is 0. The Bertz CT molecular complexity index is 429. The summed E-state index contributed by atoms with van der Waals surface area (Å²) in [4.78, 5) is 0. The number of benzene rings is 1. The summed E-state index contributed by atoms with van der Waals surface area (Å²) < 4.78 is 0. The summed E-state index contributed by atoms with van der Waals surface area (Å²) in [7, 11) is 0. The standard InChI is InChI=1S/C17H25N/c1-3-14-8-7-9-15-16(14)13(2)12-17(18-15)10-5-4-6-11-17/h7-9,13,18H,3-6,10-12H2,1-2H3. The van der Waals surface area contributed by atoms with Gasteiger partial charge < -0.3 is 5.32 Å². The van der Waals surface area contributed by atoms with Crippen molar-refractivity contribution in [1.29, 1.82) is 0 Å². The highest BCUT2D eigenvalue weighted by atomic mass is 15.0. The van der Waals surface area contributed by atoms with Crippen molar-refractivity contribution in [3.8, 4) is 0 Å². The van der Waals surface area contributed by atoms with E-state index in [9.17, 15) is 0 Å². The predicted octanol–water partition coefficient (Wildman–Crippen LogP) is 4.87. The van der Waals surface area contributed by atoms with Gasteiger partial charge in [0.15, 0.2) is 0 Å². The lowest BCUT2D eigenvalue weighted by molar-refractivity contribution is 0.281. The molecule has 1 atom stereocenters. The van der Waals surface area contributed by atoms with Crippen molar-refractivity contribution in [2.45, 2.75) is 70.3 Å². The average molecular weight is 243 g/mol. The third kappa shape index (κ3) is 1.94. The van der Waals surface area contributed by atoms with E-state index in [1.165, 1.54) is 49.8 Å². The van der Waals surface area contributed by atoms with Crippen LogP contribution in [-0.2, 0) is 6.42 Å². The second-order valence-corrected chi connectivity index (χ2v) is 6.30. The number of aryl methyl sites for hydroxylation is 1. The lowest BCUT2D eigenvalue weighted by Gasteiger charge is -2.46. The lowest BCUT2D eigenvalue weighted by atomic mass is 9.71. The molecule has 1 heteroatoms. The fraction of sp³-hybridized carbons (Fsp3) is 0.647. The molecule has 0 amide bonds. The van der Waals surface area contributed by atoms with Crippen LogP contribution in [0.25, 0.3) is 0 Å². The lowest BCUT2D eigenvalue weighted by Crippen LogP contribution is -2.44. The summed E-state index contributed by atoms with van der Waals surface area (Å²) in [6, 6.07) is 6.82. The van der Waals surface area contributed by atoms with Gasteiger partial charge in [0.25, 0.3) is 0 Å². The van der Waals surface area contributed by atoms with Crippen LogP contribution in [0.15, 0.2) is 18.2 Å². The van der Waals surface area contributed by atoms with E-state index in [2.05, 4.69) is 37.4 Å². The van der Waals surface area contributed by atoms with E-state index in [0.717, 1.165) is 12.3 Å². The molecule has 1 N–H and O–H groups in total. The van der Waals surface area contributed by atoms with Crippen LogP contribution in [0.3, 0.4) is 0 Å². The molecule has 1 aromatic rings. The van der Waals surface area contributed by atoms with Crippen LogP contribution >= 0.6 is 0 Å². The van der Waals surface area contributed by atoms with Gasteiger partial charge in [-0.2, -0.15) is 0 Å². The first-order valence-electron chi connectivity index (χ1n) is 7.64. The predicted molar refractivity (Wildman–Crippen MR) is 78.3 cm³/mol. The van der Waals surface area contributed by atoms with Gasteiger partial charge in [0.2, 0.25) is 0 Å². The highest BCUT2D eigenvalue weighted by molar-refractivity contribution is 5.60. The minimum atomic E-state index is 0.414. The smallest absolute Gasteiger partial charge is 0.0382 e. The highest BCUT2D eigenvalue weighted by Crippen LogP contribution is 2.46. The van der Waals surface area contributed by atoms with Crippen LogP contribution in [-0.4, -0.2) is 5.54 Å². The maximum absolute atomic E-state index is 3.92. The quantitative estimate of drug-likeness (QED) is 0.742. The van der Waals surface area contributed by atoms with Crippen molar-refractivity contribution in [2.24, 2.45) is 0 Å². The molecule has 1 aliphatic carbocycles. The minimum Gasteiger partial charge on any atom is -0.379 e. The van der Waals surface area contributed by atoms with E-state index >= 15 is 0 Å². The molecule has 1 nitrogen and oxygen atoms in total. The zero-order valence-electron chi connectivity index (χ0n) is 11.8. The number of rotatable bonds is 1. The SMILES string of the molecule is CCc1cccc2c1C(C)CC1(CCCCC1)N2. The van der Waals surface area contributed by atoms with Crippen molar-refractivity contribution in [3.63, 3.8) is 0 Å². The van der Waals surface area contributed by atoms with Crippen LogP contribution in [0.4, 0.5) is 5.69 Å². The Hall–Kier alpha value is -0.980. The fourth-order valence-corrected chi connectivity index (χ4v) is 4.19. The number of nitrogens with one attached hydrogen (secondary N) is 1. The van der Waals surface area contributed by atoms with Crippen molar-refractivity contribution in [3.05, 3.63) is 29.3 Å². The molecular formula is C17H25N. The molecule has 1 saturated carbocycles. The maximum atomic E-state index is 3.92. The molecule has 98 valence electrons. The Morgan fingerprint density at radius 3 is 2.72 bits per heavy atom. The molecule has 0 saturated heterocycles. The zero-order chi connectivity index (χ0) is 12.6. The van der Waals surface area contributed by atoms with Crippen molar-refractivity contribution in [2.75, 3.05) is 5.32 Å². The summed E-state index contributed by atoms with van der Waals surface area (Å²) in [5.41, 5.74) is 4.97. The Morgan fingerprint density at radius 2 is 2.00 bits per heavy atom. The van der Waals surface area contributed by atoms with Gasteiger partial charge >= 0.3 is 0 Å². The van der Waals surface area contributed by atoms with Gasteiger partial charge in [-0.25, -0.2) is 0 Å². The molecule has 1 unspecified atom stereocenters. The van der Waals surface area contributed by atoms with Crippen LogP contribution in [0.2, 0.25) is 0 Å². The van der Waals surface area contributed by atoms with E-state index < -0.39 is 0 Å². The topological polar surface area (TPSA) is 12.0 Å². The monoisotopic (exact) mass is 243 g/mol. The van der Waals surface area contributed by atoms with Gasteiger partial charge in [-0.1, -0.05) is 45.2 Å². The first kappa shape index (κ1) is 12.1. The van der Waals surface area contributed by atoms with Crippen molar-refractivity contribution < 1.29 is 0 Å². The molecule has 1 spiro atoms. The van der Waals surface area contributed by atoms with Gasteiger partial charge in [-0.05, 0) is 48.8 Å². The summed E-state index contributed by atoms with van der Waals surface area (Å²) in [6.45, 7) is 4.70. The number of anilines is 1. The van der Waals surface area contributed by atoms with Crippen LogP contribution in [0.1, 0.15) is 69.4 Å². The molecule has 1 aromatic carbocycles. The van der Waals surface area contributed by atoms with E-state index in [4.69, 9.17) is 0 Å². The summed E-state index contributed by atoms with van der Waals surface area (Å²) in [6.07, 6.45) is 9.46. The normalized spacial score (nSPS) is 25.6. The fourth-order valence-electron chi connectivity index (χ4n) is 4.19. The maximum Gasteiger partial charge on any atom is 0.0382 e. The molecule has 0 radical (unpaired) electrons. The largest absolute Gasteiger partial charge is 0.379 e. The van der Waals surface area contributed by atoms with E-state index in [0.29, 0.717) is 5.54 Å². The molecule has 0 bridgehead atoms. The van der Waals surface area contributed by atoms with Gasteiger partial charge in [-0.3, -0.25) is 0 Å². The Balaban J connectivity index is 1.97. The van der Waals surface area contributed by atoms with Gasteiger partial charge in [0, 0.05) is 11.2 Å². The second-order valence-electron chi connectivity index (χ2n) is 6.30. The average Bonchev–Trinajstić information content (AvgIpc) is 2.38. The van der Waals surface area contributed by atoms with Crippen molar-refractivity contribution >= 4 is 5.69 Å². The van der Waals surface area contributed by atoms with E-state index in [1.54, 1.807) is 5.56 Å². The Morgan fingerprint density at radius 1 is 1.22 bits per heavy atom. The number of fused-ring (bicyclic) bond motifs is 1. The first-order valence-corrected chi connectivity index (χ1v) is 7.64. The van der Waals surface area contributed by atoms with E-state index in [-0.39, 0.29) is 0 Å². The molecule has 1 fully saturated rings. The van der Waals surface area contributed by atoms with Gasteiger partial charge in [0.1, 0.15) is 0 Å². The molecule has 1 heterocycles. The van der Waals surface area contributed by atoms with E-state index in [1.807, 2.05) is 0 Å². The van der Waals surface area contributed by atoms with Crippen LogP contribution in [0.5, 0.6) is 0 Å². The number of hydrogen-bond donors (Lipinski definition) is 1.